The van der Waals surface area contributed by atoms with Crippen molar-refractivity contribution in [1.82, 2.24) is 4.90 Å². The molecule has 4 aliphatic carbocycles. The zero-order chi connectivity index (χ0) is 43.9. The van der Waals surface area contributed by atoms with Crippen molar-refractivity contribution in [2.75, 3.05) is 11.4 Å². The first-order valence-corrected chi connectivity index (χ1v) is 24.9. The van der Waals surface area contributed by atoms with Crippen molar-refractivity contribution >= 4 is 44.2 Å². The van der Waals surface area contributed by atoms with Gasteiger partial charge in [-0.1, -0.05) is 131 Å². The fourth-order valence-corrected chi connectivity index (χ4v) is 13.7. The SMILES string of the molecule is C=CC(CC)CC1=CB2C(=CN1C1=C3c4ccc(C(C)(C)C)cc4OC3CC=C1)CN(C1=CC3C(C=C1)C(C)(C)CCC3(C)C)c1c2sc2cc3c(cc12)C(C)(C)CCC3(C)C. The monoisotopic (exact) mass is 843 g/mol. The Bertz CT molecular complexity index is 2580. The Kier molecular flexibility index (Phi) is 9.67. The number of hydrogen-bond acceptors (Lipinski definition) is 4. The molecule has 62 heavy (non-hydrogen) atoms. The second-order valence-electron chi connectivity index (χ2n) is 23.9. The summed E-state index contributed by atoms with van der Waals surface area (Å²) in [6.45, 7) is 34.6. The van der Waals surface area contributed by atoms with Crippen molar-refractivity contribution in [3.8, 4) is 5.75 Å². The molecule has 7 aliphatic rings. The average Bonchev–Trinajstić information content (AvgIpc) is 3.80. The van der Waals surface area contributed by atoms with Gasteiger partial charge in [-0.05, 0) is 130 Å². The van der Waals surface area contributed by atoms with Crippen LogP contribution >= 0.6 is 11.3 Å². The van der Waals surface area contributed by atoms with Gasteiger partial charge >= 0.3 is 0 Å². The van der Waals surface area contributed by atoms with Crippen molar-refractivity contribution < 1.29 is 4.74 Å². The quantitative estimate of drug-likeness (QED) is 0.182. The molecule has 3 nitrogen and oxygen atoms in total. The van der Waals surface area contributed by atoms with E-state index in [1.807, 2.05) is 0 Å². The molecule has 1 saturated carbocycles. The van der Waals surface area contributed by atoms with Gasteiger partial charge in [0.25, 0.3) is 6.71 Å². The fourth-order valence-electron chi connectivity index (χ4n) is 12.3. The van der Waals surface area contributed by atoms with Gasteiger partial charge in [0.05, 0.1) is 11.4 Å². The van der Waals surface area contributed by atoms with Gasteiger partial charge < -0.3 is 14.5 Å². The van der Waals surface area contributed by atoms with Gasteiger partial charge in [0.1, 0.15) is 11.9 Å². The van der Waals surface area contributed by atoms with Crippen LogP contribution in [0, 0.1) is 28.6 Å². The molecule has 5 heteroatoms. The molecule has 0 amide bonds. The normalized spacial score (nSPS) is 26.6. The van der Waals surface area contributed by atoms with Crippen LogP contribution < -0.4 is 14.4 Å². The Hall–Kier alpha value is -3.96. The minimum absolute atomic E-state index is 0.0177. The topological polar surface area (TPSA) is 15.7 Å². The Morgan fingerprint density at radius 3 is 2.32 bits per heavy atom. The lowest BCUT2D eigenvalue weighted by atomic mass is 9.40. The summed E-state index contributed by atoms with van der Waals surface area (Å²) < 4.78 is 9.78. The second kappa shape index (κ2) is 14.3. The molecule has 2 aromatic carbocycles. The highest BCUT2D eigenvalue weighted by Crippen LogP contribution is 2.57. The summed E-state index contributed by atoms with van der Waals surface area (Å²) in [5, 5.41) is 1.44. The van der Waals surface area contributed by atoms with Crippen molar-refractivity contribution in [2.45, 2.75) is 150 Å². The lowest BCUT2D eigenvalue weighted by molar-refractivity contribution is 0.0326. The zero-order valence-corrected chi connectivity index (χ0v) is 40.8. The maximum absolute atomic E-state index is 6.84. The third kappa shape index (κ3) is 6.63. The molecular weight excluding hydrogens is 772 g/mol. The number of fused-ring (bicyclic) bond motifs is 10. The number of nitrogens with zero attached hydrogens (tertiary/aromatic N) is 2. The predicted molar refractivity (Wildman–Crippen MR) is 268 cm³/mol. The van der Waals surface area contributed by atoms with E-state index in [-0.39, 0.29) is 39.9 Å². The number of allylic oxidation sites excluding steroid dienone is 6. The van der Waals surface area contributed by atoms with Crippen LogP contribution in [0.3, 0.4) is 0 Å². The number of ether oxygens (including phenoxy) is 1. The Morgan fingerprint density at radius 1 is 0.919 bits per heavy atom. The highest BCUT2D eigenvalue weighted by Gasteiger charge is 2.48. The van der Waals surface area contributed by atoms with E-state index in [1.165, 1.54) is 85.5 Å². The summed E-state index contributed by atoms with van der Waals surface area (Å²) in [5.74, 6) is 5.12. The molecule has 0 N–H and O–H groups in total. The van der Waals surface area contributed by atoms with Crippen LogP contribution in [0.2, 0.25) is 0 Å². The standard InChI is InChI=1S/C57H71BN2OS/c1-14-35(15-2)27-39-32-58-37(33-59(39)46-17-16-18-47-50(46)40-21-19-36(53(3,4)5)28-48(40)61-47)34-60(38-20-22-42-43(29-38)55(8,9)24-23-54(42,6)7)51-41-30-44-45(31-49(41)62-52(51)58)57(12,13)26-25-56(44,10)11/h14,16-17,19-22,28-33,35,42-43,47H,1,15,18,23-27,34H2,2-13H3. The third-order valence-corrected chi connectivity index (χ3v) is 18.1. The predicted octanol–water partition coefficient (Wildman–Crippen LogP) is 14.5. The van der Waals surface area contributed by atoms with Gasteiger partial charge in [-0.2, -0.15) is 0 Å². The molecule has 4 heterocycles. The summed E-state index contributed by atoms with van der Waals surface area (Å²) in [4.78, 5) is 5.34. The largest absolute Gasteiger partial charge is 0.485 e. The molecule has 0 spiro atoms. The average molecular weight is 843 g/mol. The van der Waals surface area contributed by atoms with E-state index in [4.69, 9.17) is 4.74 Å². The molecule has 1 aromatic heterocycles. The van der Waals surface area contributed by atoms with Crippen molar-refractivity contribution in [2.24, 2.45) is 28.6 Å². The van der Waals surface area contributed by atoms with E-state index >= 15 is 0 Å². The van der Waals surface area contributed by atoms with E-state index in [9.17, 15) is 0 Å². The molecule has 324 valence electrons. The molecule has 0 saturated heterocycles. The van der Waals surface area contributed by atoms with Crippen LogP contribution in [0.15, 0.2) is 108 Å². The molecule has 0 radical (unpaired) electrons. The van der Waals surface area contributed by atoms with E-state index < -0.39 is 0 Å². The fraction of sp³-hybridized carbons (Fsp3) is 0.509. The van der Waals surface area contributed by atoms with Gasteiger partial charge in [-0.25, -0.2) is 0 Å². The van der Waals surface area contributed by atoms with Gasteiger partial charge in [-0.15, -0.1) is 17.9 Å². The highest BCUT2D eigenvalue weighted by molar-refractivity contribution is 7.31. The van der Waals surface area contributed by atoms with E-state index in [2.05, 4.69) is 190 Å². The van der Waals surface area contributed by atoms with Gasteiger partial charge in [0, 0.05) is 56.6 Å². The molecule has 1 fully saturated rings. The molecule has 0 bridgehead atoms. The minimum atomic E-state index is 0.0177. The first-order chi connectivity index (χ1) is 29.2. The summed E-state index contributed by atoms with van der Waals surface area (Å²) in [6.07, 6.45) is 25.2. The molecule has 4 unspecified atom stereocenters. The lowest BCUT2D eigenvalue weighted by Gasteiger charge is -2.52. The van der Waals surface area contributed by atoms with Gasteiger partial charge in [0.2, 0.25) is 0 Å². The molecular formula is C57H71BN2OS. The second-order valence-corrected chi connectivity index (χ2v) is 24.9. The van der Waals surface area contributed by atoms with Gasteiger partial charge in [0.15, 0.2) is 0 Å². The van der Waals surface area contributed by atoms with Crippen molar-refractivity contribution in [3.63, 3.8) is 0 Å². The third-order valence-electron chi connectivity index (χ3n) is 16.9. The summed E-state index contributed by atoms with van der Waals surface area (Å²) in [7, 11) is 0. The maximum atomic E-state index is 6.84. The van der Waals surface area contributed by atoms with Crippen LogP contribution in [-0.4, -0.2) is 24.3 Å². The van der Waals surface area contributed by atoms with Crippen molar-refractivity contribution in [3.05, 3.63) is 130 Å². The van der Waals surface area contributed by atoms with Crippen LogP contribution in [-0.2, 0) is 16.2 Å². The highest BCUT2D eigenvalue weighted by atomic mass is 32.1. The molecule has 4 atom stereocenters. The van der Waals surface area contributed by atoms with Crippen LogP contribution in [0.5, 0.6) is 5.75 Å². The first-order valence-electron chi connectivity index (χ1n) is 24.0. The van der Waals surface area contributed by atoms with Crippen LogP contribution in [0.4, 0.5) is 5.69 Å². The van der Waals surface area contributed by atoms with Crippen LogP contribution in [0.1, 0.15) is 150 Å². The zero-order valence-electron chi connectivity index (χ0n) is 40.0. The smallest absolute Gasteiger partial charge is 0.250 e. The lowest BCUT2D eigenvalue weighted by Crippen LogP contribution is -2.49. The molecule has 3 aromatic rings. The number of anilines is 1. The minimum Gasteiger partial charge on any atom is -0.485 e. The number of benzene rings is 2. The maximum Gasteiger partial charge on any atom is 0.250 e. The number of thiophene rings is 1. The summed E-state index contributed by atoms with van der Waals surface area (Å²) in [6, 6.07) is 12.2. The summed E-state index contributed by atoms with van der Waals surface area (Å²) >= 11 is 2.06. The van der Waals surface area contributed by atoms with E-state index in [0.717, 1.165) is 31.6 Å². The van der Waals surface area contributed by atoms with Gasteiger partial charge in [-0.3, -0.25) is 0 Å². The first kappa shape index (κ1) is 42.0. The summed E-state index contributed by atoms with van der Waals surface area (Å²) in [5.41, 5.74) is 14.8. The van der Waals surface area contributed by atoms with E-state index in [1.54, 1.807) is 11.1 Å². The number of rotatable bonds is 6. The molecule has 10 rings (SSSR count). The van der Waals surface area contributed by atoms with E-state index in [0.29, 0.717) is 17.8 Å². The van der Waals surface area contributed by atoms with Crippen molar-refractivity contribution in [1.29, 1.82) is 0 Å². The Balaban J connectivity index is 1.18. The van der Waals surface area contributed by atoms with Crippen LogP contribution in [0.25, 0.3) is 15.7 Å². The Morgan fingerprint density at radius 2 is 1.63 bits per heavy atom. The Labute approximate surface area is 378 Å². The number of hydrogen-bond donors (Lipinski definition) is 0. The molecule has 3 aliphatic heterocycles.